The molecular formula is C26H24N2O4. The largest absolute Gasteiger partial charge is 0.507 e. The second kappa shape index (κ2) is 9.06. The van der Waals surface area contributed by atoms with E-state index >= 15 is 0 Å². The highest BCUT2D eigenvalue weighted by atomic mass is 16.5. The number of anilines is 1. The zero-order chi connectivity index (χ0) is 22.7. The Morgan fingerprint density at radius 3 is 2.50 bits per heavy atom. The molecule has 1 unspecified atom stereocenters. The lowest BCUT2D eigenvalue weighted by Gasteiger charge is -2.25. The number of rotatable bonds is 6. The third-order valence-electron chi connectivity index (χ3n) is 5.49. The van der Waals surface area contributed by atoms with Gasteiger partial charge in [0.2, 0.25) is 0 Å². The van der Waals surface area contributed by atoms with Crippen LogP contribution < -0.4 is 9.64 Å². The van der Waals surface area contributed by atoms with Crippen LogP contribution >= 0.6 is 0 Å². The van der Waals surface area contributed by atoms with Gasteiger partial charge in [-0.2, -0.15) is 0 Å². The number of pyridine rings is 1. The Hall–Kier alpha value is -3.93. The van der Waals surface area contributed by atoms with Gasteiger partial charge in [-0.05, 0) is 54.8 Å². The predicted octanol–water partition coefficient (Wildman–Crippen LogP) is 4.67. The van der Waals surface area contributed by atoms with Crippen molar-refractivity contribution in [3.63, 3.8) is 0 Å². The first-order valence-corrected chi connectivity index (χ1v) is 10.6. The first-order chi connectivity index (χ1) is 15.5. The molecule has 162 valence electrons. The van der Waals surface area contributed by atoms with Gasteiger partial charge in [-0.15, -0.1) is 0 Å². The first kappa shape index (κ1) is 21.3. The molecule has 0 saturated carbocycles. The molecule has 1 aliphatic rings. The topological polar surface area (TPSA) is 79.7 Å². The molecule has 0 aliphatic carbocycles. The molecule has 6 heteroatoms. The predicted molar refractivity (Wildman–Crippen MR) is 122 cm³/mol. The molecule has 1 fully saturated rings. The highest BCUT2D eigenvalue weighted by Gasteiger charge is 2.47. The average Bonchev–Trinajstić information content (AvgIpc) is 3.10. The Morgan fingerprint density at radius 1 is 1.06 bits per heavy atom. The van der Waals surface area contributed by atoms with Crippen LogP contribution in [0, 0.1) is 0 Å². The number of ether oxygens (including phenoxy) is 1. The van der Waals surface area contributed by atoms with Crippen molar-refractivity contribution < 1.29 is 19.4 Å². The number of aliphatic hydroxyl groups excluding tert-OH is 1. The fraction of sp³-hybridized carbons (Fsp3) is 0.192. The fourth-order valence-electron chi connectivity index (χ4n) is 3.90. The molecule has 1 saturated heterocycles. The van der Waals surface area contributed by atoms with E-state index in [-0.39, 0.29) is 11.3 Å². The maximum atomic E-state index is 13.2. The first-order valence-electron chi connectivity index (χ1n) is 10.6. The lowest BCUT2D eigenvalue weighted by Crippen LogP contribution is -2.29. The summed E-state index contributed by atoms with van der Waals surface area (Å²) in [5.41, 5.74) is 2.77. The van der Waals surface area contributed by atoms with Gasteiger partial charge in [-0.1, -0.05) is 37.3 Å². The third kappa shape index (κ3) is 3.87. The summed E-state index contributed by atoms with van der Waals surface area (Å²) in [5, 5.41) is 11.2. The van der Waals surface area contributed by atoms with E-state index in [0.29, 0.717) is 29.2 Å². The number of carbonyl (C=O) groups excluding carboxylic acids is 2. The van der Waals surface area contributed by atoms with Gasteiger partial charge in [-0.3, -0.25) is 19.5 Å². The quantitative estimate of drug-likeness (QED) is 0.351. The summed E-state index contributed by atoms with van der Waals surface area (Å²) in [6.45, 7) is 4.38. The van der Waals surface area contributed by atoms with E-state index < -0.39 is 17.7 Å². The van der Waals surface area contributed by atoms with E-state index in [9.17, 15) is 14.7 Å². The van der Waals surface area contributed by atoms with Crippen molar-refractivity contribution in [2.24, 2.45) is 0 Å². The molecule has 1 atom stereocenters. The number of nitrogens with zero attached hydrogens (tertiary/aromatic N) is 2. The molecule has 1 amide bonds. The molecular weight excluding hydrogens is 404 g/mol. The molecule has 3 aromatic rings. The van der Waals surface area contributed by atoms with Crippen LogP contribution in [0.4, 0.5) is 5.69 Å². The molecule has 0 radical (unpaired) electrons. The van der Waals surface area contributed by atoms with Gasteiger partial charge in [-0.25, -0.2) is 0 Å². The van der Waals surface area contributed by atoms with E-state index in [1.54, 1.807) is 48.8 Å². The van der Waals surface area contributed by atoms with Crippen molar-refractivity contribution in [1.82, 2.24) is 4.98 Å². The smallest absolute Gasteiger partial charge is 0.300 e. The van der Waals surface area contributed by atoms with Gasteiger partial charge < -0.3 is 9.84 Å². The van der Waals surface area contributed by atoms with Gasteiger partial charge in [0.1, 0.15) is 11.5 Å². The lowest BCUT2D eigenvalue weighted by molar-refractivity contribution is -0.132. The van der Waals surface area contributed by atoms with E-state index in [2.05, 4.69) is 4.98 Å². The molecule has 2 aromatic carbocycles. The summed E-state index contributed by atoms with van der Waals surface area (Å²) in [6, 6.07) is 17.1. The highest BCUT2D eigenvalue weighted by molar-refractivity contribution is 6.51. The lowest BCUT2D eigenvalue weighted by atomic mass is 9.96. The zero-order valence-electron chi connectivity index (χ0n) is 18.0. The molecule has 0 spiro atoms. The van der Waals surface area contributed by atoms with Crippen molar-refractivity contribution in [3.8, 4) is 5.75 Å². The maximum absolute atomic E-state index is 13.2. The summed E-state index contributed by atoms with van der Waals surface area (Å²) in [5.74, 6) is -1.10. The zero-order valence-corrected chi connectivity index (χ0v) is 18.0. The summed E-state index contributed by atoms with van der Waals surface area (Å²) in [6.07, 6.45) is 4.09. The third-order valence-corrected chi connectivity index (χ3v) is 5.49. The van der Waals surface area contributed by atoms with Crippen molar-refractivity contribution in [1.29, 1.82) is 0 Å². The van der Waals surface area contributed by atoms with Crippen LogP contribution in [0.5, 0.6) is 5.75 Å². The minimum atomic E-state index is -0.799. The van der Waals surface area contributed by atoms with Crippen LogP contribution in [-0.4, -0.2) is 28.4 Å². The van der Waals surface area contributed by atoms with Crippen molar-refractivity contribution in [3.05, 3.63) is 95.3 Å². The van der Waals surface area contributed by atoms with Gasteiger partial charge in [0.05, 0.1) is 18.2 Å². The van der Waals surface area contributed by atoms with Crippen molar-refractivity contribution in [2.45, 2.75) is 26.3 Å². The Morgan fingerprint density at radius 2 is 1.84 bits per heavy atom. The molecule has 32 heavy (non-hydrogen) atoms. The number of amides is 1. The molecule has 6 nitrogen and oxygen atoms in total. The minimum Gasteiger partial charge on any atom is -0.507 e. The van der Waals surface area contributed by atoms with Gasteiger partial charge in [0.25, 0.3) is 11.7 Å². The monoisotopic (exact) mass is 428 g/mol. The molecule has 1 N–H and O–H groups in total. The number of ketones is 1. The number of aliphatic hydroxyl groups is 1. The second-order valence-electron chi connectivity index (χ2n) is 7.44. The molecule has 0 bridgehead atoms. The second-order valence-corrected chi connectivity index (χ2v) is 7.44. The van der Waals surface area contributed by atoms with E-state index in [4.69, 9.17) is 4.74 Å². The standard InChI is InChI=1S/C26H24N2O4/c1-3-17-10-12-20(13-11-17)28-23(19-8-6-14-27-16-19)22(25(30)26(28)31)24(29)18-7-5-9-21(15-18)32-4-2/h5-16,23,29H,3-4H2,1-2H3/b24-22-. The number of Topliss-reactive ketones (excluding diaryl/α,β-unsaturated/α-hetero) is 1. The van der Waals surface area contributed by atoms with E-state index in [1.807, 2.05) is 38.1 Å². The number of carbonyl (C=O) groups is 2. The highest BCUT2D eigenvalue weighted by Crippen LogP contribution is 2.42. The molecule has 1 aliphatic heterocycles. The number of hydrogen-bond acceptors (Lipinski definition) is 5. The van der Waals surface area contributed by atoms with Crippen LogP contribution in [-0.2, 0) is 16.0 Å². The number of benzene rings is 2. The number of aryl methyl sites for hydroxylation is 1. The molecule has 1 aromatic heterocycles. The van der Waals surface area contributed by atoms with Gasteiger partial charge in [0.15, 0.2) is 0 Å². The van der Waals surface area contributed by atoms with Crippen LogP contribution in [0.2, 0.25) is 0 Å². The van der Waals surface area contributed by atoms with Gasteiger partial charge >= 0.3 is 0 Å². The van der Waals surface area contributed by atoms with Crippen molar-refractivity contribution >= 4 is 23.1 Å². The normalized spacial score (nSPS) is 17.6. The summed E-state index contributed by atoms with van der Waals surface area (Å²) in [4.78, 5) is 31.9. The van der Waals surface area contributed by atoms with Crippen LogP contribution in [0.15, 0.2) is 78.6 Å². The van der Waals surface area contributed by atoms with E-state index in [1.165, 1.54) is 4.90 Å². The average molecular weight is 428 g/mol. The maximum Gasteiger partial charge on any atom is 0.300 e. The molecule has 4 rings (SSSR count). The summed E-state index contributed by atoms with van der Waals surface area (Å²) >= 11 is 0. The minimum absolute atomic E-state index is 0.0243. The van der Waals surface area contributed by atoms with E-state index in [0.717, 1.165) is 12.0 Å². The van der Waals surface area contributed by atoms with Crippen LogP contribution in [0.1, 0.15) is 36.6 Å². The summed E-state index contributed by atoms with van der Waals surface area (Å²) < 4.78 is 5.53. The fourth-order valence-corrected chi connectivity index (χ4v) is 3.90. The van der Waals surface area contributed by atoms with Gasteiger partial charge in [0, 0.05) is 23.6 Å². The SMILES string of the molecule is CCOc1cccc(/C(O)=C2/C(=O)C(=O)N(c3ccc(CC)cc3)C2c2cccnc2)c1. The van der Waals surface area contributed by atoms with Crippen LogP contribution in [0.25, 0.3) is 5.76 Å². The Bertz CT molecular complexity index is 1170. The Balaban J connectivity index is 1.89. The Kier molecular flexibility index (Phi) is 6.03. The molecule has 2 heterocycles. The van der Waals surface area contributed by atoms with Crippen LogP contribution in [0.3, 0.4) is 0 Å². The summed E-state index contributed by atoms with van der Waals surface area (Å²) in [7, 11) is 0. The van der Waals surface area contributed by atoms with Crippen molar-refractivity contribution in [2.75, 3.05) is 11.5 Å². The Labute approximate surface area is 186 Å². The number of hydrogen-bond donors (Lipinski definition) is 1. The number of aromatic nitrogens is 1.